The summed E-state index contributed by atoms with van der Waals surface area (Å²) in [6.07, 6.45) is 1.27. The Balaban J connectivity index is 0.00000220. The molecule has 0 unspecified atom stereocenters. The first-order valence-corrected chi connectivity index (χ1v) is 7.47. The minimum atomic E-state index is -0.486. The average Bonchev–Trinajstić information content (AvgIpc) is 2.45. The number of rotatable bonds is 3. The second-order valence-corrected chi connectivity index (χ2v) is 5.98. The predicted octanol–water partition coefficient (Wildman–Crippen LogP) is 3.62. The van der Waals surface area contributed by atoms with Crippen LogP contribution in [0.25, 0.3) is 0 Å². The van der Waals surface area contributed by atoms with Crippen molar-refractivity contribution in [1.82, 2.24) is 4.90 Å². The van der Waals surface area contributed by atoms with Crippen LogP contribution in [0.15, 0.2) is 30.3 Å². The highest BCUT2D eigenvalue weighted by atomic mass is 35.5. The van der Waals surface area contributed by atoms with Crippen LogP contribution in [0.5, 0.6) is 0 Å². The van der Waals surface area contributed by atoms with E-state index in [0.29, 0.717) is 12.5 Å². The molecule has 3 nitrogen and oxygen atoms in total. The number of hydrogen-bond donors (Lipinski definition) is 0. The fourth-order valence-corrected chi connectivity index (χ4v) is 3.15. The number of ether oxygens (including phenoxy) is 1. The lowest BCUT2D eigenvalue weighted by atomic mass is 9.74. The normalized spacial score (nSPS) is 29.5. The molecule has 0 aliphatic carbocycles. The molecule has 21 heavy (non-hydrogen) atoms. The van der Waals surface area contributed by atoms with Gasteiger partial charge >= 0.3 is 5.97 Å². The van der Waals surface area contributed by atoms with Gasteiger partial charge in [0, 0.05) is 31.3 Å². The van der Waals surface area contributed by atoms with Gasteiger partial charge in [-0.1, -0.05) is 44.2 Å². The van der Waals surface area contributed by atoms with Crippen LogP contribution in [0.3, 0.4) is 0 Å². The topological polar surface area (TPSA) is 29.5 Å². The molecule has 0 spiro atoms. The molecule has 1 fully saturated rings. The van der Waals surface area contributed by atoms with Crippen LogP contribution in [0.4, 0.5) is 0 Å². The SMILES string of the molecule is CCC(=O)O[C@]1(c2ccccc2)C[C@H](C)N(C)C[C@H]1C.Cl. The molecule has 3 atom stereocenters. The Morgan fingerprint density at radius 3 is 2.52 bits per heavy atom. The highest BCUT2D eigenvalue weighted by Crippen LogP contribution is 2.43. The third-order valence-electron chi connectivity index (χ3n) is 4.56. The summed E-state index contributed by atoms with van der Waals surface area (Å²) in [6.45, 7) is 7.17. The smallest absolute Gasteiger partial charge is 0.306 e. The predicted molar refractivity (Wildman–Crippen MR) is 87.6 cm³/mol. The van der Waals surface area contributed by atoms with Crippen LogP contribution in [0.1, 0.15) is 39.2 Å². The Bertz CT molecular complexity index is 465. The van der Waals surface area contributed by atoms with E-state index in [2.05, 4.69) is 37.9 Å². The molecule has 4 heteroatoms. The van der Waals surface area contributed by atoms with Gasteiger partial charge < -0.3 is 9.64 Å². The Labute approximate surface area is 134 Å². The molecule has 0 saturated carbocycles. The van der Waals surface area contributed by atoms with Crippen molar-refractivity contribution in [3.05, 3.63) is 35.9 Å². The van der Waals surface area contributed by atoms with E-state index < -0.39 is 5.60 Å². The van der Waals surface area contributed by atoms with E-state index >= 15 is 0 Å². The zero-order valence-corrected chi connectivity index (χ0v) is 14.2. The number of halogens is 1. The number of benzene rings is 1. The van der Waals surface area contributed by atoms with E-state index in [1.807, 2.05) is 25.1 Å². The van der Waals surface area contributed by atoms with Gasteiger partial charge in [0.1, 0.15) is 5.60 Å². The Kier molecular flexibility index (Phi) is 6.24. The number of piperidine rings is 1. The van der Waals surface area contributed by atoms with Gasteiger partial charge in [-0.05, 0) is 19.5 Å². The number of esters is 1. The summed E-state index contributed by atoms with van der Waals surface area (Å²) in [4.78, 5) is 14.3. The van der Waals surface area contributed by atoms with Crippen molar-refractivity contribution in [2.75, 3.05) is 13.6 Å². The van der Waals surface area contributed by atoms with Gasteiger partial charge in [0.2, 0.25) is 0 Å². The van der Waals surface area contributed by atoms with E-state index in [-0.39, 0.29) is 24.3 Å². The van der Waals surface area contributed by atoms with Crippen LogP contribution in [0, 0.1) is 5.92 Å². The summed E-state index contributed by atoms with van der Waals surface area (Å²) in [5, 5.41) is 0. The molecule has 118 valence electrons. The number of carbonyl (C=O) groups is 1. The van der Waals surface area contributed by atoms with Gasteiger partial charge in [-0.25, -0.2) is 0 Å². The molecule has 2 rings (SSSR count). The van der Waals surface area contributed by atoms with E-state index in [0.717, 1.165) is 18.5 Å². The molecule has 1 heterocycles. The zero-order valence-electron chi connectivity index (χ0n) is 13.3. The summed E-state index contributed by atoms with van der Waals surface area (Å²) in [7, 11) is 2.14. The first kappa shape index (κ1) is 18.0. The molecule has 0 amide bonds. The summed E-state index contributed by atoms with van der Waals surface area (Å²) in [6, 6.07) is 10.6. The minimum Gasteiger partial charge on any atom is -0.454 e. The molecule has 1 aromatic rings. The maximum atomic E-state index is 12.0. The van der Waals surface area contributed by atoms with E-state index in [1.165, 1.54) is 0 Å². The molecule has 1 aliphatic heterocycles. The van der Waals surface area contributed by atoms with Gasteiger partial charge in [0.25, 0.3) is 0 Å². The maximum absolute atomic E-state index is 12.0. The van der Waals surface area contributed by atoms with Crippen molar-refractivity contribution in [2.45, 2.75) is 45.3 Å². The van der Waals surface area contributed by atoms with E-state index in [4.69, 9.17) is 4.74 Å². The molecular formula is C17H26ClNO2. The lowest BCUT2D eigenvalue weighted by molar-refractivity contribution is -0.177. The molecule has 0 bridgehead atoms. The van der Waals surface area contributed by atoms with Gasteiger partial charge in [-0.15, -0.1) is 12.4 Å². The molecule has 0 aromatic heterocycles. The molecule has 1 saturated heterocycles. The highest BCUT2D eigenvalue weighted by Gasteiger charge is 2.46. The molecule has 1 aromatic carbocycles. The van der Waals surface area contributed by atoms with Crippen LogP contribution < -0.4 is 0 Å². The van der Waals surface area contributed by atoms with Crippen molar-refractivity contribution in [2.24, 2.45) is 5.92 Å². The second kappa shape index (κ2) is 7.28. The number of hydrogen-bond acceptors (Lipinski definition) is 3. The molecule has 1 aliphatic rings. The van der Waals surface area contributed by atoms with Crippen LogP contribution >= 0.6 is 12.4 Å². The molecule has 0 radical (unpaired) electrons. The number of nitrogens with zero attached hydrogens (tertiary/aromatic N) is 1. The third kappa shape index (κ3) is 3.58. The average molecular weight is 312 g/mol. The number of likely N-dealkylation sites (tertiary alicyclic amines) is 1. The summed E-state index contributed by atoms with van der Waals surface area (Å²) in [5.74, 6) is 0.166. The molecule has 0 N–H and O–H groups in total. The van der Waals surface area contributed by atoms with Crippen LogP contribution in [-0.2, 0) is 15.1 Å². The lowest BCUT2D eigenvalue weighted by Gasteiger charge is -2.48. The maximum Gasteiger partial charge on any atom is 0.306 e. The quantitative estimate of drug-likeness (QED) is 0.799. The first-order valence-electron chi connectivity index (χ1n) is 7.47. The van der Waals surface area contributed by atoms with Crippen molar-refractivity contribution in [3.8, 4) is 0 Å². The first-order chi connectivity index (χ1) is 9.49. The summed E-state index contributed by atoms with van der Waals surface area (Å²) in [5.41, 5.74) is 0.634. The van der Waals surface area contributed by atoms with Gasteiger partial charge in [-0.2, -0.15) is 0 Å². The van der Waals surface area contributed by atoms with Gasteiger partial charge in [-0.3, -0.25) is 4.79 Å². The van der Waals surface area contributed by atoms with Gasteiger partial charge in [0.15, 0.2) is 0 Å². The van der Waals surface area contributed by atoms with Crippen LogP contribution in [-0.4, -0.2) is 30.5 Å². The van der Waals surface area contributed by atoms with Crippen molar-refractivity contribution < 1.29 is 9.53 Å². The summed E-state index contributed by atoms with van der Waals surface area (Å²) < 4.78 is 5.98. The zero-order chi connectivity index (χ0) is 14.8. The monoisotopic (exact) mass is 311 g/mol. The minimum absolute atomic E-state index is 0. The Morgan fingerprint density at radius 1 is 1.33 bits per heavy atom. The van der Waals surface area contributed by atoms with Crippen molar-refractivity contribution >= 4 is 18.4 Å². The third-order valence-corrected chi connectivity index (χ3v) is 4.56. The number of carbonyl (C=O) groups excluding carboxylic acids is 1. The van der Waals surface area contributed by atoms with E-state index in [1.54, 1.807) is 0 Å². The second-order valence-electron chi connectivity index (χ2n) is 5.98. The van der Waals surface area contributed by atoms with Crippen molar-refractivity contribution in [3.63, 3.8) is 0 Å². The van der Waals surface area contributed by atoms with Gasteiger partial charge in [0.05, 0.1) is 0 Å². The fourth-order valence-electron chi connectivity index (χ4n) is 3.15. The van der Waals surface area contributed by atoms with Crippen LogP contribution in [0.2, 0.25) is 0 Å². The summed E-state index contributed by atoms with van der Waals surface area (Å²) >= 11 is 0. The van der Waals surface area contributed by atoms with Crippen molar-refractivity contribution in [1.29, 1.82) is 0 Å². The Hall–Kier alpha value is -1.06. The molecular weight excluding hydrogens is 286 g/mol. The van der Waals surface area contributed by atoms with E-state index in [9.17, 15) is 4.79 Å². The standard InChI is InChI=1S/C17H25NO2.ClH/c1-5-16(19)20-17(15-9-7-6-8-10-15)11-14(3)18(4)12-13(17)2;/h6-10,13-14H,5,11-12H2,1-4H3;1H/t13-,14+,17-;/m1./s1. The lowest BCUT2D eigenvalue weighted by Crippen LogP contribution is -2.53. The fraction of sp³-hybridized carbons (Fsp3) is 0.588. The largest absolute Gasteiger partial charge is 0.454 e. The highest BCUT2D eigenvalue weighted by molar-refractivity contribution is 5.85. The Morgan fingerprint density at radius 2 is 1.95 bits per heavy atom.